The Hall–Kier alpha value is -2.11. The fraction of sp³-hybridized carbons (Fsp3) is 0.235. The van der Waals surface area contributed by atoms with Crippen LogP contribution in [0.5, 0.6) is 0 Å². The Morgan fingerprint density at radius 3 is 1.84 bits per heavy atom. The van der Waals surface area contributed by atoms with Crippen molar-refractivity contribution in [1.82, 2.24) is 4.90 Å². The van der Waals surface area contributed by atoms with Crippen molar-refractivity contribution in [2.75, 3.05) is 7.05 Å². The Morgan fingerprint density at radius 1 is 0.895 bits per heavy atom. The van der Waals surface area contributed by atoms with Crippen LogP contribution < -0.4 is 0 Å². The third-order valence-corrected chi connectivity index (χ3v) is 3.11. The maximum atomic E-state index is 8.77. The molecule has 0 atom stereocenters. The number of hydrogen-bond acceptors (Lipinski definition) is 2. The normalized spacial score (nSPS) is 10.4. The first-order valence-electron chi connectivity index (χ1n) is 6.40. The van der Waals surface area contributed by atoms with Crippen LogP contribution in [0.3, 0.4) is 0 Å². The zero-order valence-corrected chi connectivity index (χ0v) is 11.4. The van der Waals surface area contributed by atoms with Gasteiger partial charge in [-0.05, 0) is 37.2 Å². The van der Waals surface area contributed by atoms with Crippen LogP contribution in [0.2, 0.25) is 0 Å². The summed E-state index contributed by atoms with van der Waals surface area (Å²) >= 11 is 0. The van der Waals surface area contributed by atoms with E-state index in [1.807, 2.05) is 24.3 Å². The lowest BCUT2D eigenvalue weighted by Crippen LogP contribution is -2.17. The molecule has 0 aliphatic rings. The number of benzene rings is 2. The van der Waals surface area contributed by atoms with Crippen LogP contribution in [-0.2, 0) is 13.1 Å². The van der Waals surface area contributed by atoms with E-state index in [1.54, 1.807) is 0 Å². The summed E-state index contributed by atoms with van der Waals surface area (Å²) in [6, 6.07) is 18.5. The number of aryl methyl sites for hydroxylation is 1. The van der Waals surface area contributed by atoms with Crippen molar-refractivity contribution < 1.29 is 0 Å². The molecular weight excluding hydrogens is 232 g/mol. The summed E-state index contributed by atoms with van der Waals surface area (Å²) in [6.07, 6.45) is 0. The first-order chi connectivity index (χ1) is 9.17. The molecule has 2 aromatic carbocycles. The highest BCUT2D eigenvalue weighted by Crippen LogP contribution is 2.10. The SMILES string of the molecule is Cc1ccc(CN(C)Cc2ccc(C#N)cc2)cc1. The Labute approximate surface area is 114 Å². The average Bonchev–Trinajstić information content (AvgIpc) is 2.42. The Bertz CT molecular complexity index is 562. The second kappa shape index (κ2) is 6.17. The highest BCUT2D eigenvalue weighted by Gasteiger charge is 2.02. The quantitative estimate of drug-likeness (QED) is 0.830. The molecule has 19 heavy (non-hydrogen) atoms. The molecule has 2 heteroatoms. The molecule has 0 bridgehead atoms. The van der Waals surface area contributed by atoms with Crippen LogP contribution in [0, 0.1) is 18.3 Å². The second-order valence-corrected chi connectivity index (χ2v) is 4.97. The molecule has 2 rings (SSSR count). The van der Waals surface area contributed by atoms with Gasteiger partial charge in [-0.3, -0.25) is 4.90 Å². The van der Waals surface area contributed by atoms with Gasteiger partial charge < -0.3 is 0 Å². The van der Waals surface area contributed by atoms with E-state index in [1.165, 1.54) is 16.7 Å². The van der Waals surface area contributed by atoms with E-state index in [2.05, 4.69) is 49.2 Å². The van der Waals surface area contributed by atoms with Gasteiger partial charge in [0.1, 0.15) is 0 Å². The van der Waals surface area contributed by atoms with E-state index < -0.39 is 0 Å². The van der Waals surface area contributed by atoms with Crippen molar-refractivity contribution in [3.63, 3.8) is 0 Å². The standard InChI is InChI=1S/C17H18N2/c1-14-3-5-16(6-4-14)12-19(2)13-17-9-7-15(11-18)8-10-17/h3-10H,12-13H2,1-2H3. The van der Waals surface area contributed by atoms with E-state index >= 15 is 0 Å². The minimum atomic E-state index is 0.713. The van der Waals surface area contributed by atoms with Crippen LogP contribution >= 0.6 is 0 Å². The Balaban J connectivity index is 1.95. The summed E-state index contributed by atoms with van der Waals surface area (Å²) in [7, 11) is 2.11. The molecule has 0 aromatic heterocycles. The first-order valence-corrected chi connectivity index (χ1v) is 6.40. The monoisotopic (exact) mass is 250 g/mol. The van der Waals surface area contributed by atoms with Gasteiger partial charge in [-0.25, -0.2) is 0 Å². The third kappa shape index (κ3) is 3.94. The summed E-state index contributed by atoms with van der Waals surface area (Å²) < 4.78 is 0. The van der Waals surface area contributed by atoms with E-state index in [0.29, 0.717) is 5.56 Å². The van der Waals surface area contributed by atoms with Crippen LogP contribution in [0.4, 0.5) is 0 Å². The van der Waals surface area contributed by atoms with Crippen molar-refractivity contribution in [3.8, 4) is 6.07 Å². The molecule has 0 N–H and O–H groups in total. The Morgan fingerprint density at radius 2 is 1.37 bits per heavy atom. The third-order valence-electron chi connectivity index (χ3n) is 3.11. The predicted molar refractivity (Wildman–Crippen MR) is 77.5 cm³/mol. The summed E-state index contributed by atoms with van der Waals surface area (Å²) in [6.45, 7) is 3.92. The molecular formula is C17H18N2. The molecule has 0 heterocycles. The molecule has 2 aromatic rings. The topological polar surface area (TPSA) is 27.0 Å². The zero-order chi connectivity index (χ0) is 13.7. The van der Waals surface area contributed by atoms with Crippen molar-refractivity contribution in [2.24, 2.45) is 0 Å². The van der Waals surface area contributed by atoms with E-state index in [0.717, 1.165) is 13.1 Å². The molecule has 0 saturated carbocycles. The van der Waals surface area contributed by atoms with Crippen molar-refractivity contribution in [1.29, 1.82) is 5.26 Å². The summed E-state index contributed by atoms with van der Waals surface area (Å²) in [4.78, 5) is 2.27. The van der Waals surface area contributed by atoms with Gasteiger partial charge in [0.25, 0.3) is 0 Å². The Kier molecular flexibility index (Phi) is 4.33. The fourth-order valence-corrected chi connectivity index (χ4v) is 2.06. The lowest BCUT2D eigenvalue weighted by atomic mass is 10.1. The molecule has 0 radical (unpaired) electrons. The van der Waals surface area contributed by atoms with Gasteiger partial charge in [-0.2, -0.15) is 5.26 Å². The van der Waals surface area contributed by atoms with Gasteiger partial charge >= 0.3 is 0 Å². The minimum Gasteiger partial charge on any atom is -0.298 e. The van der Waals surface area contributed by atoms with Crippen LogP contribution in [0.25, 0.3) is 0 Å². The van der Waals surface area contributed by atoms with Crippen LogP contribution in [0.1, 0.15) is 22.3 Å². The van der Waals surface area contributed by atoms with Crippen molar-refractivity contribution in [3.05, 3.63) is 70.8 Å². The van der Waals surface area contributed by atoms with Crippen LogP contribution in [-0.4, -0.2) is 11.9 Å². The molecule has 0 saturated heterocycles. The molecule has 0 aliphatic heterocycles. The van der Waals surface area contributed by atoms with Gasteiger partial charge in [-0.15, -0.1) is 0 Å². The van der Waals surface area contributed by atoms with E-state index in [9.17, 15) is 0 Å². The molecule has 0 spiro atoms. The molecule has 2 nitrogen and oxygen atoms in total. The summed E-state index contributed by atoms with van der Waals surface area (Å²) in [5, 5.41) is 8.77. The smallest absolute Gasteiger partial charge is 0.0991 e. The molecule has 0 fully saturated rings. The number of rotatable bonds is 4. The molecule has 0 amide bonds. The van der Waals surface area contributed by atoms with Gasteiger partial charge in [0.05, 0.1) is 11.6 Å². The minimum absolute atomic E-state index is 0.713. The predicted octanol–water partition coefficient (Wildman–Crippen LogP) is 3.50. The van der Waals surface area contributed by atoms with E-state index in [-0.39, 0.29) is 0 Å². The number of nitrogens with zero attached hydrogens (tertiary/aromatic N) is 2. The molecule has 0 unspecified atom stereocenters. The number of hydrogen-bond donors (Lipinski definition) is 0. The lowest BCUT2D eigenvalue weighted by molar-refractivity contribution is 0.319. The second-order valence-electron chi connectivity index (χ2n) is 4.97. The lowest BCUT2D eigenvalue weighted by Gasteiger charge is -2.17. The van der Waals surface area contributed by atoms with Gasteiger partial charge in [0.2, 0.25) is 0 Å². The van der Waals surface area contributed by atoms with E-state index in [4.69, 9.17) is 5.26 Å². The highest BCUT2D eigenvalue weighted by atomic mass is 15.1. The largest absolute Gasteiger partial charge is 0.298 e. The average molecular weight is 250 g/mol. The maximum absolute atomic E-state index is 8.77. The molecule has 96 valence electrons. The van der Waals surface area contributed by atoms with Crippen molar-refractivity contribution in [2.45, 2.75) is 20.0 Å². The van der Waals surface area contributed by atoms with Crippen molar-refractivity contribution >= 4 is 0 Å². The van der Waals surface area contributed by atoms with Gasteiger partial charge in [-0.1, -0.05) is 42.0 Å². The summed E-state index contributed by atoms with van der Waals surface area (Å²) in [5.41, 5.74) is 4.55. The van der Waals surface area contributed by atoms with Gasteiger partial charge in [0.15, 0.2) is 0 Å². The van der Waals surface area contributed by atoms with Gasteiger partial charge in [0, 0.05) is 13.1 Å². The maximum Gasteiger partial charge on any atom is 0.0991 e. The number of nitriles is 1. The zero-order valence-electron chi connectivity index (χ0n) is 11.4. The molecule has 0 aliphatic carbocycles. The highest BCUT2D eigenvalue weighted by molar-refractivity contribution is 5.31. The summed E-state index contributed by atoms with van der Waals surface area (Å²) in [5.74, 6) is 0. The first kappa shape index (κ1) is 13.3. The fourth-order valence-electron chi connectivity index (χ4n) is 2.06. The van der Waals surface area contributed by atoms with Crippen LogP contribution in [0.15, 0.2) is 48.5 Å².